The van der Waals surface area contributed by atoms with Crippen molar-refractivity contribution in [3.05, 3.63) is 80.8 Å². The van der Waals surface area contributed by atoms with Crippen LogP contribution in [0.15, 0.2) is 47.5 Å². The van der Waals surface area contributed by atoms with Crippen LogP contribution in [0.3, 0.4) is 0 Å². The summed E-state index contributed by atoms with van der Waals surface area (Å²) in [6.07, 6.45) is 4.90. The third-order valence-corrected chi connectivity index (χ3v) is 6.43. The number of fused-ring (bicyclic) bond motifs is 1. The summed E-state index contributed by atoms with van der Waals surface area (Å²) in [5.41, 5.74) is 13.9. The lowest BCUT2D eigenvalue weighted by Gasteiger charge is -2.15. The fourth-order valence-electron chi connectivity index (χ4n) is 4.47. The Hall–Kier alpha value is -5.04. The molecule has 1 saturated carbocycles. The first kappa shape index (κ1) is 24.6. The number of para-hydroxylation sites is 1. The van der Waals surface area contributed by atoms with Crippen LogP contribution in [0.4, 0.5) is 11.8 Å². The number of rotatable bonds is 6. The Labute approximate surface area is 217 Å². The van der Waals surface area contributed by atoms with Crippen LogP contribution in [0.2, 0.25) is 0 Å². The lowest BCUT2D eigenvalue weighted by molar-refractivity contribution is 0.0695. The van der Waals surface area contributed by atoms with Crippen LogP contribution in [0.25, 0.3) is 10.9 Å². The van der Waals surface area contributed by atoms with Crippen molar-refractivity contribution in [1.82, 2.24) is 14.5 Å². The molecule has 5 N–H and O–H groups in total. The molecule has 1 aliphatic rings. The van der Waals surface area contributed by atoms with E-state index in [-0.39, 0.29) is 29.8 Å². The van der Waals surface area contributed by atoms with E-state index in [9.17, 15) is 14.7 Å². The second-order valence-electron chi connectivity index (χ2n) is 8.95. The Balaban J connectivity index is 1.75. The number of aromatic nitrogens is 3. The smallest absolute Gasteiger partial charge is 0.341 e. The highest BCUT2D eigenvalue weighted by Gasteiger charge is 2.28. The Morgan fingerprint density at radius 1 is 1.16 bits per heavy atom. The molecule has 0 radical (unpaired) electrons. The number of carboxylic acid groups (broad SMARTS) is 1. The molecule has 38 heavy (non-hydrogen) atoms. The summed E-state index contributed by atoms with van der Waals surface area (Å²) in [7, 11) is 3.10. The number of methoxy groups -OCH3 is 2. The van der Waals surface area contributed by atoms with E-state index in [0.29, 0.717) is 44.7 Å². The van der Waals surface area contributed by atoms with Crippen molar-refractivity contribution < 1.29 is 19.4 Å². The molecule has 5 rings (SSSR count). The molecule has 1 aliphatic carbocycles. The van der Waals surface area contributed by atoms with Gasteiger partial charge < -0.3 is 30.6 Å². The van der Waals surface area contributed by atoms with Gasteiger partial charge in [0.2, 0.25) is 11.4 Å². The summed E-state index contributed by atoms with van der Waals surface area (Å²) < 4.78 is 12.7. The summed E-state index contributed by atoms with van der Waals surface area (Å²) in [5, 5.41) is 10.1. The van der Waals surface area contributed by atoms with Gasteiger partial charge in [0.25, 0.3) is 0 Å². The average Bonchev–Trinajstić information content (AvgIpc) is 3.74. The number of nitrogen functional groups attached to an aromatic ring is 2. The molecule has 0 unspecified atom stereocenters. The van der Waals surface area contributed by atoms with Crippen molar-refractivity contribution >= 4 is 28.6 Å². The second-order valence-corrected chi connectivity index (χ2v) is 8.95. The molecule has 10 nitrogen and oxygen atoms in total. The topological polar surface area (TPSA) is 156 Å². The number of benzene rings is 2. The molecule has 10 heteroatoms. The summed E-state index contributed by atoms with van der Waals surface area (Å²) in [4.78, 5) is 33.4. The highest BCUT2D eigenvalue weighted by atomic mass is 16.5. The highest BCUT2D eigenvalue weighted by molar-refractivity contribution is 5.94. The average molecular weight is 512 g/mol. The summed E-state index contributed by atoms with van der Waals surface area (Å²) in [6.45, 7) is 0. The quantitative estimate of drug-likeness (QED) is 0.331. The van der Waals surface area contributed by atoms with E-state index in [1.807, 2.05) is 22.8 Å². The predicted octanol–water partition coefficient (Wildman–Crippen LogP) is 3.00. The van der Waals surface area contributed by atoms with E-state index >= 15 is 0 Å². The minimum Gasteiger partial charge on any atom is -0.493 e. The molecule has 0 atom stereocenters. The van der Waals surface area contributed by atoms with Gasteiger partial charge >= 0.3 is 5.97 Å². The molecule has 0 aliphatic heterocycles. The van der Waals surface area contributed by atoms with Gasteiger partial charge in [-0.3, -0.25) is 4.79 Å². The molecule has 1 fully saturated rings. The Morgan fingerprint density at radius 2 is 1.95 bits per heavy atom. The monoisotopic (exact) mass is 511 g/mol. The van der Waals surface area contributed by atoms with Crippen LogP contribution in [-0.2, 0) is 6.42 Å². The maximum atomic E-state index is 13.4. The number of nitrogens with zero attached hydrogens (tertiary/aromatic N) is 3. The van der Waals surface area contributed by atoms with E-state index in [4.69, 9.17) is 20.9 Å². The van der Waals surface area contributed by atoms with Gasteiger partial charge in [-0.25, -0.2) is 9.78 Å². The minimum atomic E-state index is -1.28. The highest BCUT2D eigenvalue weighted by Crippen LogP contribution is 2.38. The maximum absolute atomic E-state index is 13.4. The number of pyridine rings is 1. The molecular formula is C28H25N5O5. The van der Waals surface area contributed by atoms with Crippen LogP contribution >= 0.6 is 0 Å². The first-order valence-corrected chi connectivity index (χ1v) is 11.9. The van der Waals surface area contributed by atoms with Crippen molar-refractivity contribution in [2.45, 2.75) is 25.3 Å². The molecule has 192 valence electrons. The van der Waals surface area contributed by atoms with Crippen LogP contribution < -0.4 is 26.4 Å². The first-order valence-electron chi connectivity index (χ1n) is 11.9. The van der Waals surface area contributed by atoms with Crippen molar-refractivity contribution in [3.8, 4) is 23.3 Å². The third-order valence-electron chi connectivity index (χ3n) is 6.43. The van der Waals surface area contributed by atoms with E-state index < -0.39 is 11.4 Å². The van der Waals surface area contributed by atoms with E-state index in [1.165, 1.54) is 12.4 Å². The lowest BCUT2D eigenvalue weighted by Crippen LogP contribution is -2.20. The van der Waals surface area contributed by atoms with Crippen LogP contribution in [0, 0.1) is 11.8 Å². The molecular weight excluding hydrogens is 486 g/mol. The molecule has 2 aromatic carbocycles. The Bertz CT molecular complexity index is 1710. The second kappa shape index (κ2) is 9.78. The minimum absolute atomic E-state index is 0.0345. The summed E-state index contributed by atoms with van der Waals surface area (Å²) >= 11 is 0. The number of nitrogens with two attached hydrogens (primary N) is 2. The van der Waals surface area contributed by atoms with Crippen molar-refractivity contribution in [1.29, 1.82) is 0 Å². The van der Waals surface area contributed by atoms with Gasteiger partial charge in [0.05, 0.1) is 30.7 Å². The fraction of sp³-hybridized carbons (Fsp3) is 0.214. The number of carboxylic acids is 1. The molecule has 0 bridgehead atoms. The number of hydrogen-bond donors (Lipinski definition) is 3. The number of ether oxygens (including phenoxy) is 2. The van der Waals surface area contributed by atoms with Gasteiger partial charge in [0.1, 0.15) is 11.4 Å². The first-order chi connectivity index (χ1) is 18.3. The maximum Gasteiger partial charge on any atom is 0.341 e. The number of hydrogen-bond acceptors (Lipinski definition) is 8. The zero-order valence-corrected chi connectivity index (χ0v) is 20.8. The van der Waals surface area contributed by atoms with Gasteiger partial charge in [-0.05, 0) is 42.7 Å². The van der Waals surface area contributed by atoms with Crippen LogP contribution in [0.1, 0.15) is 51.5 Å². The molecule has 2 heterocycles. The van der Waals surface area contributed by atoms with E-state index in [1.54, 1.807) is 26.4 Å². The molecule has 0 saturated heterocycles. The number of carbonyl (C=O) groups is 1. The summed E-state index contributed by atoms with van der Waals surface area (Å²) in [6, 6.07) is 9.11. The zero-order chi connectivity index (χ0) is 27.0. The van der Waals surface area contributed by atoms with Crippen molar-refractivity contribution in [2.75, 3.05) is 25.7 Å². The number of anilines is 2. The largest absolute Gasteiger partial charge is 0.493 e. The van der Waals surface area contributed by atoms with E-state index in [2.05, 4.69) is 21.8 Å². The lowest BCUT2D eigenvalue weighted by atomic mass is 9.97. The van der Waals surface area contributed by atoms with E-state index in [0.717, 1.165) is 12.8 Å². The fourth-order valence-corrected chi connectivity index (χ4v) is 4.47. The molecule has 0 amide bonds. The Kier molecular flexibility index (Phi) is 6.34. The van der Waals surface area contributed by atoms with Gasteiger partial charge in [0, 0.05) is 36.0 Å². The third kappa shape index (κ3) is 4.57. The molecule has 0 spiro atoms. The van der Waals surface area contributed by atoms with Crippen molar-refractivity contribution in [3.63, 3.8) is 0 Å². The number of aromatic carboxylic acids is 1. The predicted molar refractivity (Wildman–Crippen MR) is 143 cm³/mol. The van der Waals surface area contributed by atoms with Crippen molar-refractivity contribution in [2.24, 2.45) is 0 Å². The standard InChI is InChI=1S/C28H25N5O5/c1-37-22-5-3-4-16(25(22)38-2)7-6-15-10-17(12-18-13-31-28(30)32-26(18)29)23-21(11-15)33(19-8-9-19)14-20(24(23)34)27(35)36/h3-5,10-11,13-14,19H,8-9,12H2,1-2H3,(H,35,36)(H4,29,30,31,32). The van der Waals surface area contributed by atoms with Crippen LogP contribution in [0.5, 0.6) is 11.5 Å². The Morgan fingerprint density at radius 3 is 2.61 bits per heavy atom. The van der Waals surface area contributed by atoms with Gasteiger partial charge in [0.15, 0.2) is 11.5 Å². The molecule has 4 aromatic rings. The molecule has 2 aromatic heterocycles. The zero-order valence-electron chi connectivity index (χ0n) is 20.8. The van der Waals surface area contributed by atoms with Gasteiger partial charge in [-0.15, -0.1) is 0 Å². The van der Waals surface area contributed by atoms with Gasteiger partial charge in [-0.1, -0.05) is 17.9 Å². The normalized spacial score (nSPS) is 12.6. The van der Waals surface area contributed by atoms with Crippen LogP contribution in [-0.4, -0.2) is 39.8 Å². The summed E-state index contributed by atoms with van der Waals surface area (Å²) in [5.74, 6) is 6.31. The van der Waals surface area contributed by atoms with Gasteiger partial charge in [-0.2, -0.15) is 4.98 Å². The SMILES string of the molecule is COc1cccc(C#Cc2cc(Cc3cnc(N)nc3N)c3c(=O)c(C(=O)O)cn(C4CC4)c3c2)c1OC.